The number of hydrogen-bond donors (Lipinski definition) is 6. The second kappa shape index (κ2) is 16.9. The molecule has 3 amide bonds. The van der Waals surface area contributed by atoms with Crippen LogP contribution in [0.4, 0.5) is 10.6 Å². The van der Waals surface area contributed by atoms with Crippen LogP contribution in [0.2, 0.25) is 0 Å². The van der Waals surface area contributed by atoms with Crippen LogP contribution in [0, 0.1) is 0 Å². The van der Waals surface area contributed by atoms with E-state index in [0.29, 0.717) is 55.2 Å². The number of urea groups is 1. The van der Waals surface area contributed by atoms with E-state index in [9.17, 15) is 19.8 Å². The molecule has 4 atom stereocenters. The summed E-state index contributed by atoms with van der Waals surface area (Å²) < 4.78 is 7.37. The number of fused-ring (bicyclic) bond motifs is 1. The standard InChI is InChI=1S/C36H49N9O5/c1-6-37-34(48)31-29(46)30(47)35(50-31)45-21-41-28-32(39-19-26(24-13-9-7-10-14-24)25-15-11-8-12-16-25)42-27(43-33(28)45)20-40-36(49)38-17-18-44(22(2)3)23(4)5/h7-16,21-23,26,29-31,35,46-47H,6,17-20H2,1-5H3,(H,37,48)(H2,38,40,49)(H,39,42,43)/t29-,30+,31-,35+/m0/s1. The monoisotopic (exact) mass is 687 g/mol. The van der Waals surface area contributed by atoms with E-state index in [0.717, 1.165) is 11.1 Å². The molecule has 0 spiro atoms. The van der Waals surface area contributed by atoms with Crippen LogP contribution in [0.3, 0.4) is 0 Å². The average Bonchev–Trinajstić information content (AvgIpc) is 3.66. The Hall–Kier alpha value is -4.63. The molecule has 2 aromatic carbocycles. The van der Waals surface area contributed by atoms with E-state index in [1.165, 1.54) is 10.9 Å². The Bertz CT molecular complexity index is 1650. The molecule has 0 radical (unpaired) electrons. The van der Waals surface area contributed by atoms with E-state index >= 15 is 0 Å². The maximum Gasteiger partial charge on any atom is 0.315 e. The summed E-state index contributed by atoms with van der Waals surface area (Å²) in [6, 6.07) is 20.6. The van der Waals surface area contributed by atoms with Crippen molar-refractivity contribution in [3.8, 4) is 0 Å². The van der Waals surface area contributed by atoms with E-state index < -0.39 is 30.4 Å². The van der Waals surface area contributed by atoms with Gasteiger partial charge in [0.05, 0.1) is 12.9 Å². The molecule has 4 aromatic rings. The summed E-state index contributed by atoms with van der Waals surface area (Å²) in [6.07, 6.45) is -3.89. The van der Waals surface area contributed by atoms with Gasteiger partial charge in [-0.25, -0.2) is 19.7 Å². The quantitative estimate of drug-likeness (QED) is 0.109. The Morgan fingerprint density at radius 1 is 0.900 bits per heavy atom. The zero-order valence-corrected chi connectivity index (χ0v) is 29.3. The van der Waals surface area contributed by atoms with Gasteiger partial charge in [-0.3, -0.25) is 14.3 Å². The minimum absolute atomic E-state index is 0.00125. The lowest BCUT2D eigenvalue weighted by Crippen LogP contribution is -2.44. The van der Waals surface area contributed by atoms with Crippen molar-refractivity contribution in [2.75, 3.05) is 31.5 Å². The summed E-state index contributed by atoms with van der Waals surface area (Å²) >= 11 is 0. The highest BCUT2D eigenvalue weighted by Crippen LogP contribution is 2.33. The van der Waals surface area contributed by atoms with Crippen LogP contribution >= 0.6 is 0 Å². The number of ether oxygens (including phenoxy) is 1. The van der Waals surface area contributed by atoms with Gasteiger partial charge in [0, 0.05) is 44.2 Å². The van der Waals surface area contributed by atoms with Gasteiger partial charge in [-0.2, -0.15) is 0 Å². The van der Waals surface area contributed by atoms with Crippen molar-refractivity contribution >= 4 is 28.9 Å². The lowest BCUT2D eigenvalue weighted by molar-refractivity contribution is -0.137. The Balaban J connectivity index is 1.42. The van der Waals surface area contributed by atoms with E-state index in [1.54, 1.807) is 6.92 Å². The third-order valence-corrected chi connectivity index (χ3v) is 8.86. The number of carbonyl (C=O) groups is 2. The van der Waals surface area contributed by atoms with Crippen LogP contribution in [0.5, 0.6) is 0 Å². The molecule has 268 valence electrons. The average molecular weight is 688 g/mol. The van der Waals surface area contributed by atoms with Crippen molar-refractivity contribution in [2.45, 2.75) is 83.7 Å². The molecule has 1 aliphatic rings. The Kier molecular flexibility index (Phi) is 12.4. The number of aliphatic hydroxyl groups is 2. The molecule has 5 rings (SSSR count). The van der Waals surface area contributed by atoms with Gasteiger partial charge in [-0.15, -0.1) is 0 Å². The Morgan fingerprint density at radius 3 is 2.14 bits per heavy atom. The van der Waals surface area contributed by atoms with Crippen LogP contribution in [0.25, 0.3) is 11.2 Å². The lowest BCUT2D eigenvalue weighted by Gasteiger charge is -2.30. The van der Waals surface area contributed by atoms with Crippen molar-refractivity contribution in [2.24, 2.45) is 0 Å². The van der Waals surface area contributed by atoms with Crippen LogP contribution in [-0.2, 0) is 16.1 Å². The number of benzene rings is 2. The van der Waals surface area contributed by atoms with Crippen molar-refractivity contribution in [3.05, 3.63) is 83.9 Å². The Labute approximate surface area is 292 Å². The number of aliphatic hydroxyl groups excluding tert-OH is 2. The fourth-order valence-corrected chi connectivity index (χ4v) is 6.36. The maximum atomic E-state index is 12.8. The number of hydrogen-bond acceptors (Lipinski definition) is 10. The van der Waals surface area contributed by atoms with E-state index in [1.807, 2.05) is 36.4 Å². The predicted molar refractivity (Wildman–Crippen MR) is 190 cm³/mol. The zero-order valence-electron chi connectivity index (χ0n) is 29.3. The molecule has 50 heavy (non-hydrogen) atoms. The number of amides is 3. The number of nitrogens with zero attached hydrogens (tertiary/aromatic N) is 5. The van der Waals surface area contributed by atoms with E-state index in [2.05, 4.69) is 83.1 Å². The van der Waals surface area contributed by atoms with Gasteiger partial charge < -0.3 is 36.2 Å². The van der Waals surface area contributed by atoms with Crippen molar-refractivity contribution in [3.63, 3.8) is 0 Å². The molecule has 0 unspecified atom stereocenters. The van der Waals surface area contributed by atoms with Gasteiger partial charge in [0.15, 0.2) is 35.1 Å². The minimum atomic E-state index is -1.46. The summed E-state index contributed by atoms with van der Waals surface area (Å²) in [7, 11) is 0. The van der Waals surface area contributed by atoms with Gasteiger partial charge in [-0.05, 0) is 45.7 Å². The highest BCUT2D eigenvalue weighted by atomic mass is 16.6. The van der Waals surface area contributed by atoms with Crippen molar-refractivity contribution < 1.29 is 24.5 Å². The smallest absolute Gasteiger partial charge is 0.315 e. The second-order valence-corrected chi connectivity index (χ2v) is 12.9. The first-order valence-electron chi connectivity index (χ1n) is 17.2. The minimum Gasteiger partial charge on any atom is -0.387 e. The second-order valence-electron chi connectivity index (χ2n) is 12.9. The summed E-state index contributed by atoms with van der Waals surface area (Å²) in [4.78, 5) is 41.7. The van der Waals surface area contributed by atoms with Crippen LogP contribution in [0.15, 0.2) is 67.0 Å². The summed E-state index contributed by atoms with van der Waals surface area (Å²) in [5.74, 6) is 0.144. The van der Waals surface area contributed by atoms with Gasteiger partial charge in [0.25, 0.3) is 5.91 Å². The van der Waals surface area contributed by atoms with Gasteiger partial charge in [0.1, 0.15) is 12.2 Å². The van der Waals surface area contributed by atoms with Crippen LogP contribution < -0.4 is 21.3 Å². The molecule has 0 saturated carbocycles. The van der Waals surface area contributed by atoms with Gasteiger partial charge in [0.2, 0.25) is 0 Å². The molecule has 14 nitrogen and oxygen atoms in total. The number of aromatic nitrogens is 4. The number of likely N-dealkylation sites (N-methyl/N-ethyl adjacent to an activating group) is 1. The van der Waals surface area contributed by atoms with Crippen molar-refractivity contribution in [1.29, 1.82) is 0 Å². The predicted octanol–water partition coefficient (Wildman–Crippen LogP) is 2.74. The van der Waals surface area contributed by atoms with Gasteiger partial charge >= 0.3 is 6.03 Å². The summed E-state index contributed by atoms with van der Waals surface area (Å²) in [5.41, 5.74) is 2.92. The first-order valence-corrected chi connectivity index (χ1v) is 17.2. The largest absolute Gasteiger partial charge is 0.387 e. The Morgan fingerprint density at radius 2 is 1.54 bits per heavy atom. The number of anilines is 1. The number of rotatable bonds is 15. The normalized spacial score (nSPS) is 19.1. The third kappa shape index (κ3) is 8.56. The van der Waals surface area contributed by atoms with Crippen LogP contribution in [0.1, 0.15) is 63.7 Å². The van der Waals surface area contributed by atoms with Crippen molar-refractivity contribution in [1.82, 2.24) is 40.4 Å². The molecular formula is C36H49N9O5. The highest BCUT2D eigenvalue weighted by molar-refractivity contribution is 5.84. The van der Waals surface area contributed by atoms with Crippen LogP contribution in [-0.4, -0.2) is 103 Å². The lowest BCUT2D eigenvalue weighted by atomic mass is 9.91. The fraction of sp³-hybridized carbons (Fsp3) is 0.472. The molecule has 1 fully saturated rings. The highest BCUT2D eigenvalue weighted by Gasteiger charge is 2.47. The van der Waals surface area contributed by atoms with E-state index in [4.69, 9.17) is 14.7 Å². The molecule has 1 saturated heterocycles. The molecule has 6 N–H and O–H groups in total. The number of imidazole rings is 1. The number of carbonyl (C=O) groups excluding carboxylic acids is 2. The molecule has 0 bridgehead atoms. The molecule has 3 heterocycles. The maximum absolute atomic E-state index is 12.8. The summed E-state index contributed by atoms with van der Waals surface area (Å²) in [6.45, 7) is 12.2. The van der Waals surface area contributed by atoms with E-state index in [-0.39, 0.29) is 24.3 Å². The van der Waals surface area contributed by atoms with Gasteiger partial charge in [-0.1, -0.05) is 60.7 Å². The first-order chi connectivity index (χ1) is 24.1. The zero-order chi connectivity index (χ0) is 35.8. The fourth-order valence-electron chi connectivity index (χ4n) is 6.36. The molecular weight excluding hydrogens is 638 g/mol. The molecule has 0 aliphatic carbocycles. The SMILES string of the molecule is CCNC(=O)[C@H]1O[C@@H](n2cnc3c(NCC(c4ccccc4)c4ccccc4)nc(CNC(=O)NCCN(C(C)C)C(C)C)nc32)[C@H](O)[C@@H]1O. The third-order valence-electron chi connectivity index (χ3n) is 8.86. The summed E-state index contributed by atoms with van der Waals surface area (Å²) in [5, 5.41) is 33.5. The first kappa shape index (κ1) is 36.6. The molecule has 1 aliphatic heterocycles. The molecule has 2 aromatic heterocycles. The molecule has 14 heteroatoms. The topological polar surface area (TPSA) is 179 Å². The number of nitrogens with one attached hydrogen (secondary N) is 4.